The molecule has 2 heterocycles. The van der Waals surface area contributed by atoms with Gasteiger partial charge in [-0.25, -0.2) is 0 Å². The lowest BCUT2D eigenvalue weighted by Crippen LogP contribution is -2.49. The normalized spacial score (nSPS) is 24.3. The van der Waals surface area contributed by atoms with Gasteiger partial charge in [0.25, 0.3) is 0 Å². The minimum absolute atomic E-state index is 0. The van der Waals surface area contributed by atoms with Gasteiger partial charge in [0.15, 0.2) is 0 Å². The van der Waals surface area contributed by atoms with Crippen LogP contribution in [0, 0.1) is 5.41 Å². The molecule has 2 aliphatic rings. The van der Waals surface area contributed by atoms with E-state index >= 15 is 0 Å². The van der Waals surface area contributed by atoms with E-state index in [4.69, 9.17) is 11.1 Å². The van der Waals surface area contributed by atoms with E-state index in [9.17, 15) is 0 Å². The van der Waals surface area contributed by atoms with Crippen molar-refractivity contribution in [3.63, 3.8) is 0 Å². The highest BCUT2D eigenvalue weighted by Gasteiger charge is 2.46. The SMILES string of the molecule is Cl.Cl.N=C(N)C12CCCN1CCC2. The lowest BCUT2D eigenvalue weighted by Gasteiger charge is -2.30. The first-order valence-corrected chi connectivity index (χ1v) is 4.35. The summed E-state index contributed by atoms with van der Waals surface area (Å²) in [6.07, 6.45) is 4.67. The Labute approximate surface area is 91.4 Å². The Hall–Kier alpha value is 0.01000. The second-order valence-electron chi connectivity index (χ2n) is 3.64. The Kier molecular flexibility index (Phi) is 4.49. The zero-order chi connectivity index (χ0) is 7.90. The van der Waals surface area contributed by atoms with Crippen molar-refractivity contribution >= 4 is 30.6 Å². The first-order chi connectivity index (χ1) is 5.26. The molecule has 0 amide bonds. The average molecular weight is 226 g/mol. The third-order valence-electron chi connectivity index (χ3n) is 3.14. The van der Waals surface area contributed by atoms with E-state index in [0.29, 0.717) is 5.84 Å². The van der Waals surface area contributed by atoms with Crippen LogP contribution in [-0.4, -0.2) is 29.4 Å². The summed E-state index contributed by atoms with van der Waals surface area (Å²) < 4.78 is 0. The molecule has 0 saturated carbocycles. The van der Waals surface area contributed by atoms with Crippen molar-refractivity contribution < 1.29 is 0 Å². The van der Waals surface area contributed by atoms with Crippen LogP contribution < -0.4 is 5.73 Å². The van der Waals surface area contributed by atoms with Gasteiger partial charge < -0.3 is 5.73 Å². The molecule has 5 heteroatoms. The number of nitrogens with zero attached hydrogens (tertiary/aromatic N) is 1. The van der Waals surface area contributed by atoms with Gasteiger partial charge >= 0.3 is 0 Å². The molecule has 0 unspecified atom stereocenters. The van der Waals surface area contributed by atoms with E-state index in [0.717, 1.165) is 25.9 Å². The van der Waals surface area contributed by atoms with Gasteiger partial charge in [-0.15, -0.1) is 24.8 Å². The van der Waals surface area contributed by atoms with E-state index in [1.807, 2.05) is 0 Å². The van der Waals surface area contributed by atoms with Crippen LogP contribution in [0.4, 0.5) is 0 Å². The maximum Gasteiger partial charge on any atom is 0.111 e. The van der Waals surface area contributed by atoms with Crippen molar-refractivity contribution in [1.82, 2.24) is 4.90 Å². The van der Waals surface area contributed by atoms with Crippen LogP contribution in [0.5, 0.6) is 0 Å². The smallest absolute Gasteiger partial charge is 0.111 e. The van der Waals surface area contributed by atoms with Gasteiger partial charge in [-0.2, -0.15) is 0 Å². The minimum Gasteiger partial charge on any atom is -0.386 e. The fourth-order valence-electron chi connectivity index (χ4n) is 2.55. The molecule has 78 valence electrons. The summed E-state index contributed by atoms with van der Waals surface area (Å²) in [5, 5.41) is 7.55. The largest absolute Gasteiger partial charge is 0.386 e. The number of hydrogen-bond acceptors (Lipinski definition) is 2. The molecule has 2 saturated heterocycles. The van der Waals surface area contributed by atoms with Crippen LogP contribution in [-0.2, 0) is 0 Å². The highest BCUT2D eigenvalue weighted by Crippen LogP contribution is 2.38. The molecule has 0 spiro atoms. The van der Waals surface area contributed by atoms with Crippen molar-refractivity contribution in [3.8, 4) is 0 Å². The summed E-state index contributed by atoms with van der Waals surface area (Å²) in [4.78, 5) is 2.38. The number of rotatable bonds is 1. The Bertz CT molecular complexity index is 186. The Morgan fingerprint density at radius 1 is 1.15 bits per heavy atom. The molecule has 13 heavy (non-hydrogen) atoms. The van der Waals surface area contributed by atoms with Gasteiger partial charge in [-0.3, -0.25) is 10.3 Å². The monoisotopic (exact) mass is 225 g/mol. The molecule has 0 aromatic rings. The van der Waals surface area contributed by atoms with Crippen LogP contribution in [0.1, 0.15) is 25.7 Å². The molecule has 0 atom stereocenters. The van der Waals surface area contributed by atoms with Crippen molar-refractivity contribution in [1.29, 1.82) is 5.41 Å². The first-order valence-electron chi connectivity index (χ1n) is 4.35. The van der Waals surface area contributed by atoms with Crippen molar-refractivity contribution in [2.24, 2.45) is 5.73 Å². The maximum absolute atomic E-state index is 7.55. The number of nitrogens with two attached hydrogens (primary N) is 1. The molecule has 0 aromatic carbocycles. The number of halogens is 2. The van der Waals surface area contributed by atoms with Crippen LogP contribution in [0.2, 0.25) is 0 Å². The highest BCUT2D eigenvalue weighted by atomic mass is 35.5. The molecule has 3 nitrogen and oxygen atoms in total. The maximum atomic E-state index is 7.55. The first kappa shape index (κ1) is 13.0. The molecule has 2 rings (SSSR count). The van der Waals surface area contributed by atoms with E-state index in [-0.39, 0.29) is 30.4 Å². The minimum atomic E-state index is 0. The Morgan fingerprint density at radius 3 is 1.92 bits per heavy atom. The summed E-state index contributed by atoms with van der Waals surface area (Å²) in [7, 11) is 0. The number of nitrogens with one attached hydrogen (secondary N) is 1. The van der Waals surface area contributed by atoms with Crippen LogP contribution in [0.3, 0.4) is 0 Å². The van der Waals surface area contributed by atoms with Gasteiger partial charge in [0, 0.05) is 0 Å². The van der Waals surface area contributed by atoms with Crippen molar-refractivity contribution in [3.05, 3.63) is 0 Å². The molecule has 0 radical (unpaired) electrons. The van der Waals surface area contributed by atoms with Crippen LogP contribution in [0.15, 0.2) is 0 Å². The number of fused-ring (bicyclic) bond motifs is 1. The van der Waals surface area contributed by atoms with E-state index in [1.165, 1.54) is 12.8 Å². The fourth-order valence-corrected chi connectivity index (χ4v) is 2.55. The molecular formula is C8H17Cl2N3. The lowest BCUT2D eigenvalue weighted by molar-refractivity contribution is 0.268. The third-order valence-corrected chi connectivity index (χ3v) is 3.14. The molecule has 2 aliphatic heterocycles. The standard InChI is InChI=1S/C8H15N3.2ClH/c9-7(10)8-3-1-5-11(8)6-2-4-8;;/h1-6H2,(H3,9,10);2*1H. The second-order valence-corrected chi connectivity index (χ2v) is 3.64. The Morgan fingerprint density at radius 2 is 1.62 bits per heavy atom. The molecule has 0 aliphatic carbocycles. The summed E-state index contributed by atoms with van der Waals surface area (Å²) in [6.45, 7) is 2.30. The Balaban J connectivity index is 0.000000720. The van der Waals surface area contributed by atoms with E-state index < -0.39 is 0 Å². The zero-order valence-corrected chi connectivity index (χ0v) is 9.22. The van der Waals surface area contributed by atoms with Crippen LogP contribution >= 0.6 is 24.8 Å². The van der Waals surface area contributed by atoms with Crippen LogP contribution in [0.25, 0.3) is 0 Å². The summed E-state index contributed by atoms with van der Waals surface area (Å²) in [5.41, 5.74) is 5.62. The van der Waals surface area contributed by atoms with Gasteiger partial charge in [0.2, 0.25) is 0 Å². The molecule has 0 bridgehead atoms. The molecular weight excluding hydrogens is 209 g/mol. The summed E-state index contributed by atoms with van der Waals surface area (Å²) in [6, 6.07) is 0. The van der Waals surface area contributed by atoms with Crippen molar-refractivity contribution in [2.75, 3.05) is 13.1 Å². The predicted octanol–water partition coefficient (Wildman–Crippen LogP) is 1.39. The van der Waals surface area contributed by atoms with Gasteiger partial charge in [0.05, 0.1) is 5.54 Å². The predicted molar refractivity (Wildman–Crippen MR) is 59.2 cm³/mol. The van der Waals surface area contributed by atoms with Gasteiger partial charge in [0.1, 0.15) is 5.84 Å². The molecule has 2 fully saturated rings. The summed E-state index contributed by atoms with van der Waals surface area (Å²) >= 11 is 0. The third kappa shape index (κ3) is 1.78. The van der Waals surface area contributed by atoms with E-state index in [2.05, 4.69) is 4.90 Å². The zero-order valence-electron chi connectivity index (χ0n) is 7.58. The van der Waals surface area contributed by atoms with E-state index in [1.54, 1.807) is 0 Å². The van der Waals surface area contributed by atoms with Crippen molar-refractivity contribution in [2.45, 2.75) is 31.2 Å². The quantitative estimate of drug-likeness (QED) is 0.524. The average Bonchev–Trinajstić information content (AvgIpc) is 2.40. The topological polar surface area (TPSA) is 53.1 Å². The molecule has 3 N–H and O–H groups in total. The number of amidine groups is 1. The number of hydrogen-bond donors (Lipinski definition) is 2. The van der Waals surface area contributed by atoms with Gasteiger partial charge in [-0.05, 0) is 38.8 Å². The fraction of sp³-hybridized carbons (Fsp3) is 0.875. The highest BCUT2D eigenvalue weighted by molar-refractivity contribution is 5.88. The molecule has 0 aromatic heterocycles. The van der Waals surface area contributed by atoms with Gasteiger partial charge in [-0.1, -0.05) is 0 Å². The second kappa shape index (κ2) is 4.49. The lowest BCUT2D eigenvalue weighted by atomic mass is 9.93. The summed E-state index contributed by atoms with van der Waals surface area (Å²) in [5.74, 6) is 0.396.